The number of aryl methyl sites for hydroxylation is 1. The maximum Gasteiger partial charge on any atom is 0.257 e. The van der Waals surface area contributed by atoms with Gasteiger partial charge >= 0.3 is 0 Å². The second kappa shape index (κ2) is 11.1. The molecule has 5 nitrogen and oxygen atoms in total. The molecule has 3 aromatic rings. The van der Waals surface area contributed by atoms with Crippen LogP contribution < -0.4 is 4.74 Å². The van der Waals surface area contributed by atoms with Gasteiger partial charge in [0.2, 0.25) is 0 Å². The molecule has 2 aliphatic rings. The lowest BCUT2D eigenvalue weighted by atomic mass is 9.90. The zero-order valence-corrected chi connectivity index (χ0v) is 21.3. The first-order valence-electron chi connectivity index (χ1n) is 13.0. The van der Waals surface area contributed by atoms with Gasteiger partial charge in [0.15, 0.2) is 0 Å². The average Bonchev–Trinajstić information content (AvgIpc) is 3.36. The Morgan fingerprint density at radius 1 is 0.944 bits per heavy atom. The summed E-state index contributed by atoms with van der Waals surface area (Å²) in [5.74, 6) is 1.52. The summed E-state index contributed by atoms with van der Waals surface area (Å²) in [4.78, 5) is 15.9. The maximum absolute atomic E-state index is 13.6. The largest absolute Gasteiger partial charge is 0.496 e. The molecule has 0 unspecified atom stereocenters. The molecule has 5 rings (SSSR count). The molecule has 186 valence electrons. The van der Waals surface area contributed by atoms with Crippen molar-refractivity contribution in [2.75, 3.05) is 26.7 Å². The molecule has 36 heavy (non-hydrogen) atoms. The van der Waals surface area contributed by atoms with Gasteiger partial charge in [-0.1, -0.05) is 78.4 Å². The fourth-order valence-corrected chi connectivity index (χ4v) is 5.40. The van der Waals surface area contributed by atoms with Gasteiger partial charge < -0.3 is 4.74 Å². The van der Waals surface area contributed by atoms with Crippen molar-refractivity contribution in [3.8, 4) is 5.75 Å². The number of rotatable bonds is 7. The van der Waals surface area contributed by atoms with E-state index < -0.39 is 0 Å². The number of hydrogen-bond acceptors (Lipinski definition) is 4. The van der Waals surface area contributed by atoms with Crippen molar-refractivity contribution < 1.29 is 9.53 Å². The number of hydrogen-bond donors (Lipinski definition) is 0. The molecule has 0 N–H and O–H groups in total. The van der Waals surface area contributed by atoms with Crippen molar-refractivity contribution in [3.05, 3.63) is 101 Å². The van der Waals surface area contributed by atoms with Crippen LogP contribution in [0, 0.1) is 12.8 Å². The van der Waals surface area contributed by atoms with Crippen LogP contribution in [-0.4, -0.2) is 48.3 Å². The first-order chi connectivity index (χ1) is 17.6. The summed E-state index contributed by atoms with van der Waals surface area (Å²) < 4.78 is 5.65. The predicted molar refractivity (Wildman–Crippen MR) is 144 cm³/mol. The number of nitrogens with zero attached hydrogens (tertiary/aromatic N) is 3. The molecule has 0 aromatic heterocycles. The number of benzene rings is 3. The molecule has 3 aromatic carbocycles. The highest BCUT2D eigenvalue weighted by molar-refractivity contribution is 6.03. The van der Waals surface area contributed by atoms with E-state index in [-0.39, 0.29) is 11.9 Å². The fraction of sp³-hybridized carbons (Fsp3) is 0.355. The van der Waals surface area contributed by atoms with E-state index in [0.29, 0.717) is 18.9 Å². The fourth-order valence-electron chi connectivity index (χ4n) is 5.40. The molecular formula is C31H35N3O2. The Bertz CT molecular complexity index is 1200. The summed E-state index contributed by atoms with van der Waals surface area (Å²) >= 11 is 0. The highest BCUT2D eigenvalue weighted by atomic mass is 16.5. The van der Waals surface area contributed by atoms with E-state index >= 15 is 0 Å². The van der Waals surface area contributed by atoms with Gasteiger partial charge in [0.25, 0.3) is 5.91 Å². The molecule has 1 saturated heterocycles. The summed E-state index contributed by atoms with van der Waals surface area (Å²) in [5, 5.41) is 6.59. The molecule has 1 atom stereocenters. The van der Waals surface area contributed by atoms with Crippen LogP contribution in [0.4, 0.5) is 0 Å². The molecule has 0 spiro atoms. The van der Waals surface area contributed by atoms with Crippen LogP contribution in [-0.2, 0) is 11.2 Å². The topological polar surface area (TPSA) is 45.1 Å². The molecule has 0 radical (unpaired) electrons. The Balaban J connectivity index is 1.29. The SMILES string of the molecule is COc1ccccc1[C@H]1CC(c2ccc(C)cc2)=NN1C(=O)CN1CCC(Cc2ccccc2)CC1. The molecule has 2 aliphatic heterocycles. The average molecular weight is 482 g/mol. The Hall–Kier alpha value is -3.44. The van der Waals surface area contributed by atoms with Crippen LogP contribution in [0.25, 0.3) is 0 Å². The van der Waals surface area contributed by atoms with Gasteiger partial charge in [-0.2, -0.15) is 5.10 Å². The van der Waals surface area contributed by atoms with Crippen LogP contribution in [0.2, 0.25) is 0 Å². The second-order valence-electron chi connectivity index (χ2n) is 10.0. The third kappa shape index (κ3) is 5.52. The Kier molecular flexibility index (Phi) is 7.47. The first kappa shape index (κ1) is 24.3. The number of amides is 1. The summed E-state index contributed by atoms with van der Waals surface area (Å²) in [5.41, 5.74) is 5.63. The van der Waals surface area contributed by atoms with E-state index in [1.165, 1.54) is 11.1 Å². The minimum atomic E-state index is -0.166. The lowest BCUT2D eigenvalue weighted by Crippen LogP contribution is -2.42. The number of methoxy groups -OCH3 is 1. The van der Waals surface area contributed by atoms with Crippen LogP contribution in [0.1, 0.15) is 47.6 Å². The summed E-state index contributed by atoms with van der Waals surface area (Å²) in [6, 6.07) is 26.9. The molecule has 1 amide bonds. The van der Waals surface area contributed by atoms with Gasteiger partial charge in [0.05, 0.1) is 25.4 Å². The molecule has 5 heteroatoms. The molecule has 0 aliphatic carbocycles. The van der Waals surface area contributed by atoms with E-state index in [0.717, 1.165) is 54.9 Å². The molecular weight excluding hydrogens is 446 g/mol. The van der Waals surface area contributed by atoms with E-state index in [9.17, 15) is 4.79 Å². The number of carbonyl (C=O) groups is 1. The van der Waals surface area contributed by atoms with E-state index in [1.807, 2.05) is 24.3 Å². The van der Waals surface area contributed by atoms with Crippen molar-refractivity contribution in [2.45, 2.75) is 38.6 Å². The Labute approximate surface area is 214 Å². The van der Waals surface area contributed by atoms with E-state index in [4.69, 9.17) is 9.84 Å². The molecule has 0 saturated carbocycles. The van der Waals surface area contributed by atoms with Gasteiger partial charge in [0.1, 0.15) is 5.75 Å². The number of ether oxygens (including phenoxy) is 1. The van der Waals surface area contributed by atoms with Gasteiger partial charge in [-0.05, 0) is 62.4 Å². The Morgan fingerprint density at radius 2 is 1.64 bits per heavy atom. The standard InChI is InChI=1S/C31H35N3O2/c1-23-12-14-26(15-13-23)28-21-29(27-10-6-7-11-30(27)36-2)34(32-28)31(35)22-33-18-16-25(17-19-33)20-24-8-4-3-5-9-24/h3-15,25,29H,16-22H2,1-2H3/t29-/m1/s1. The smallest absolute Gasteiger partial charge is 0.257 e. The molecule has 1 fully saturated rings. The highest BCUT2D eigenvalue weighted by Crippen LogP contribution is 2.37. The lowest BCUT2D eigenvalue weighted by molar-refractivity contribution is -0.134. The van der Waals surface area contributed by atoms with Crippen molar-refractivity contribution in [1.29, 1.82) is 0 Å². The number of hydrazone groups is 1. The Morgan fingerprint density at radius 3 is 2.36 bits per heavy atom. The zero-order valence-electron chi connectivity index (χ0n) is 21.3. The summed E-state index contributed by atoms with van der Waals surface area (Å²) in [7, 11) is 1.68. The van der Waals surface area contributed by atoms with Gasteiger partial charge in [-0.3, -0.25) is 9.69 Å². The van der Waals surface area contributed by atoms with Crippen LogP contribution >= 0.6 is 0 Å². The monoisotopic (exact) mass is 481 g/mol. The highest BCUT2D eigenvalue weighted by Gasteiger charge is 2.35. The van der Waals surface area contributed by atoms with Crippen LogP contribution in [0.5, 0.6) is 5.75 Å². The number of piperidine rings is 1. The third-order valence-electron chi connectivity index (χ3n) is 7.48. The van der Waals surface area contributed by atoms with Gasteiger partial charge in [-0.25, -0.2) is 5.01 Å². The number of likely N-dealkylation sites (tertiary alicyclic amines) is 1. The predicted octanol–water partition coefficient (Wildman–Crippen LogP) is 5.64. The summed E-state index contributed by atoms with van der Waals surface area (Å²) in [6.45, 7) is 4.38. The van der Waals surface area contributed by atoms with E-state index in [2.05, 4.69) is 66.4 Å². The summed E-state index contributed by atoms with van der Waals surface area (Å²) in [6.07, 6.45) is 4.04. The first-order valence-corrected chi connectivity index (χ1v) is 13.0. The van der Waals surface area contributed by atoms with Gasteiger partial charge in [0, 0.05) is 12.0 Å². The van der Waals surface area contributed by atoms with Gasteiger partial charge in [-0.15, -0.1) is 0 Å². The third-order valence-corrected chi connectivity index (χ3v) is 7.48. The minimum Gasteiger partial charge on any atom is -0.496 e. The molecule has 0 bridgehead atoms. The maximum atomic E-state index is 13.6. The zero-order chi connectivity index (χ0) is 24.9. The lowest BCUT2D eigenvalue weighted by Gasteiger charge is -2.33. The normalized spacial score (nSPS) is 18.8. The van der Waals surface area contributed by atoms with Crippen molar-refractivity contribution in [1.82, 2.24) is 9.91 Å². The quantitative estimate of drug-likeness (QED) is 0.439. The second-order valence-corrected chi connectivity index (χ2v) is 10.0. The van der Waals surface area contributed by atoms with Crippen LogP contribution in [0.15, 0.2) is 84.0 Å². The van der Waals surface area contributed by atoms with E-state index in [1.54, 1.807) is 12.1 Å². The number of carbonyl (C=O) groups excluding carboxylic acids is 1. The van der Waals surface area contributed by atoms with Crippen LogP contribution in [0.3, 0.4) is 0 Å². The van der Waals surface area contributed by atoms with Crippen molar-refractivity contribution in [3.63, 3.8) is 0 Å². The number of para-hydroxylation sites is 1. The minimum absolute atomic E-state index is 0.0505. The van der Waals surface area contributed by atoms with Crippen molar-refractivity contribution in [2.24, 2.45) is 11.0 Å². The molecule has 2 heterocycles. The van der Waals surface area contributed by atoms with Crippen molar-refractivity contribution >= 4 is 11.6 Å².